The van der Waals surface area contributed by atoms with Crippen LogP contribution < -0.4 is 0 Å². The number of amides is 1. The summed E-state index contributed by atoms with van der Waals surface area (Å²) in [6.45, 7) is 0.525. The first kappa shape index (κ1) is 14.8. The van der Waals surface area contributed by atoms with Crippen LogP contribution in [0.2, 0.25) is 0 Å². The van der Waals surface area contributed by atoms with Crippen molar-refractivity contribution in [1.29, 1.82) is 0 Å². The second kappa shape index (κ2) is 5.70. The number of carbonyl (C=O) groups is 1. The number of nitrogens with one attached hydrogen (secondary N) is 1. The zero-order valence-corrected chi connectivity index (χ0v) is 12.8. The van der Waals surface area contributed by atoms with Gasteiger partial charge in [0.1, 0.15) is 17.5 Å². The Kier molecular flexibility index (Phi) is 3.52. The van der Waals surface area contributed by atoms with Crippen LogP contribution in [0, 0.1) is 11.6 Å². The summed E-state index contributed by atoms with van der Waals surface area (Å²) in [5.74, 6) is -1.27. The van der Waals surface area contributed by atoms with Gasteiger partial charge in [-0.1, -0.05) is 12.1 Å². The normalized spacial score (nSPS) is 17.6. The number of aromatic nitrogens is 2. The Balaban J connectivity index is 1.68. The van der Waals surface area contributed by atoms with Crippen LogP contribution in [0.5, 0.6) is 0 Å². The van der Waals surface area contributed by atoms with Crippen molar-refractivity contribution in [3.63, 3.8) is 0 Å². The van der Waals surface area contributed by atoms with E-state index in [4.69, 9.17) is 0 Å². The fraction of sp³-hybridized carbons (Fsp3) is 0.222. The molecule has 0 aliphatic carbocycles. The van der Waals surface area contributed by atoms with Gasteiger partial charge in [-0.15, -0.1) is 0 Å². The van der Waals surface area contributed by atoms with E-state index in [0.717, 1.165) is 36.0 Å². The first-order valence-electron chi connectivity index (χ1n) is 7.84. The first-order chi connectivity index (χ1) is 11.6. The van der Waals surface area contributed by atoms with Crippen molar-refractivity contribution < 1.29 is 13.6 Å². The van der Waals surface area contributed by atoms with E-state index in [-0.39, 0.29) is 11.6 Å². The van der Waals surface area contributed by atoms with Gasteiger partial charge < -0.3 is 9.88 Å². The van der Waals surface area contributed by atoms with E-state index in [9.17, 15) is 13.6 Å². The first-order valence-corrected chi connectivity index (χ1v) is 7.84. The fourth-order valence-corrected chi connectivity index (χ4v) is 3.24. The highest BCUT2D eigenvalue weighted by atomic mass is 19.1. The third kappa shape index (κ3) is 2.44. The van der Waals surface area contributed by atoms with Crippen LogP contribution in [0.15, 0.2) is 42.5 Å². The lowest BCUT2D eigenvalue weighted by Crippen LogP contribution is -2.31. The molecular weight excluding hydrogens is 312 g/mol. The molecule has 4 rings (SSSR count). The second-order valence-electron chi connectivity index (χ2n) is 5.92. The van der Waals surface area contributed by atoms with E-state index in [1.54, 1.807) is 4.90 Å². The smallest absolute Gasteiger partial charge is 0.257 e. The number of carbonyl (C=O) groups excluding carboxylic acids is 1. The largest absolute Gasteiger partial charge is 0.340 e. The molecule has 0 spiro atoms. The third-order valence-electron chi connectivity index (χ3n) is 4.40. The molecule has 2 heterocycles. The lowest BCUT2D eigenvalue weighted by Gasteiger charge is -2.23. The maximum atomic E-state index is 13.9. The number of halogens is 2. The van der Waals surface area contributed by atoms with Crippen LogP contribution in [0.25, 0.3) is 11.0 Å². The fourth-order valence-electron chi connectivity index (χ4n) is 3.24. The van der Waals surface area contributed by atoms with Crippen LogP contribution in [-0.4, -0.2) is 27.3 Å². The van der Waals surface area contributed by atoms with Crippen molar-refractivity contribution in [2.24, 2.45) is 0 Å². The van der Waals surface area contributed by atoms with Crippen LogP contribution in [0.3, 0.4) is 0 Å². The Morgan fingerprint density at radius 3 is 2.83 bits per heavy atom. The van der Waals surface area contributed by atoms with Gasteiger partial charge in [0.2, 0.25) is 0 Å². The predicted molar refractivity (Wildman–Crippen MR) is 85.5 cm³/mol. The van der Waals surface area contributed by atoms with Crippen molar-refractivity contribution in [1.82, 2.24) is 14.9 Å². The molecule has 0 bridgehead atoms. The van der Waals surface area contributed by atoms with E-state index in [1.807, 2.05) is 24.3 Å². The zero-order chi connectivity index (χ0) is 16.7. The minimum Gasteiger partial charge on any atom is -0.340 e. The molecule has 0 radical (unpaired) electrons. The number of imidazole rings is 1. The maximum Gasteiger partial charge on any atom is 0.257 e. The van der Waals surface area contributed by atoms with E-state index in [1.165, 1.54) is 6.07 Å². The minimum atomic E-state index is -0.838. The Hall–Kier alpha value is -2.76. The summed E-state index contributed by atoms with van der Waals surface area (Å²) in [5, 5.41) is 0. The van der Waals surface area contributed by atoms with Crippen molar-refractivity contribution >= 4 is 16.9 Å². The molecule has 1 atom stereocenters. The number of para-hydroxylation sites is 2. The topological polar surface area (TPSA) is 49.0 Å². The molecule has 0 unspecified atom stereocenters. The van der Waals surface area contributed by atoms with Crippen molar-refractivity contribution in [3.05, 3.63) is 65.5 Å². The van der Waals surface area contributed by atoms with E-state index in [2.05, 4.69) is 9.97 Å². The number of fused-ring (bicyclic) bond motifs is 1. The molecule has 2 aromatic carbocycles. The van der Waals surface area contributed by atoms with Gasteiger partial charge in [-0.25, -0.2) is 13.8 Å². The molecule has 6 heteroatoms. The summed E-state index contributed by atoms with van der Waals surface area (Å²) in [6, 6.07) is 10.4. The summed E-state index contributed by atoms with van der Waals surface area (Å²) in [5.41, 5.74) is 1.62. The number of H-pyrrole nitrogens is 1. The van der Waals surface area contributed by atoms with Crippen molar-refractivity contribution in [2.45, 2.75) is 18.9 Å². The van der Waals surface area contributed by atoms with E-state index < -0.39 is 17.5 Å². The van der Waals surface area contributed by atoms with Gasteiger partial charge in [-0.05, 0) is 37.1 Å². The Labute approximate surface area is 137 Å². The van der Waals surface area contributed by atoms with Crippen molar-refractivity contribution in [3.8, 4) is 0 Å². The van der Waals surface area contributed by atoms with Crippen LogP contribution in [-0.2, 0) is 0 Å². The number of benzene rings is 2. The molecule has 1 fully saturated rings. The van der Waals surface area contributed by atoms with Crippen molar-refractivity contribution in [2.75, 3.05) is 6.54 Å². The van der Waals surface area contributed by atoms with Gasteiger partial charge >= 0.3 is 0 Å². The zero-order valence-electron chi connectivity index (χ0n) is 12.8. The Morgan fingerprint density at radius 2 is 2.04 bits per heavy atom. The van der Waals surface area contributed by atoms with E-state index >= 15 is 0 Å². The lowest BCUT2D eigenvalue weighted by molar-refractivity contribution is 0.0725. The van der Waals surface area contributed by atoms with Gasteiger partial charge in [0.05, 0.1) is 22.6 Å². The second-order valence-corrected chi connectivity index (χ2v) is 5.92. The molecule has 1 amide bonds. The molecule has 3 aromatic rings. The lowest BCUT2D eigenvalue weighted by atomic mass is 10.1. The summed E-state index contributed by atoms with van der Waals surface area (Å²) in [4.78, 5) is 22.1. The minimum absolute atomic E-state index is 0.112. The monoisotopic (exact) mass is 327 g/mol. The molecule has 1 aliphatic rings. The molecule has 122 valence electrons. The molecule has 1 saturated heterocycles. The van der Waals surface area contributed by atoms with Crippen LogP contribution in [0.4, 0.5) is 8.78 Å². The van der Waals surface area contributed by atoms with Crippen LogP contribution >= 0.6 is 0 Å². The summed E-state index contributed by atoms with van der Waals surface area (Å²) < 4.78 is 27.0. The van der Waals surface area contributed by atoms with Crippen LogP contribution in [0.1, 0.15) is 35.1 Å². The van der Waals surface area contributed by atoms with Gasteiger partial charge in [-0.3, -0.25) is 4.79 Å². The number of rotatable bonds is 2. The quantitative estimate of drug-likeness (QED) is 0.778. The molecule has 4 nitrogen and oxygen atoms in total. The number of hydrogen-bond acceptors (Lipinski definition) is 2. The molecule has 1 aliphatic heterocycles. The highest BCUT2D eigenvalue weighted by Gasteiger charge is 2.33. The average Bonchev–Trinajstić information content (AvgIpc) is 3.20. The van der Waals surface area contributed by atoms with Gasteiger partial charge in [0.25, 0.3) is 5.91 Å². The summed E-state index contributed by atoms with van der Waals surface area (Å²) in [7, 11) is 0. The number of aromatic amines is 1. The Morgan fingerprint density at radius 1 is 1.21 bits per heavy atom. The summed E-state index contributed by atoms with van der Waals surface area (Å²) >= 11 is 0. The van der Waals surface area contributed by atoms with Gasteiger partial charge in [0.15, 0.2) is 0 Å². The highest BCUT2D eigenvalue weighted by Crippen LogP contribution is 2.33. The van der Waals surface area contributed by atoms with E-state index in [0.29, 0.717) is 12.4 Å². The third-order valence-corrected chi connectivity index (χ3v) is 4.40. The number of nitrogens with zero attached hydrogens (tertiary/aromatic N) is 2. The average molecular weight is 327 g/mol. The number of hydrogen-bond donors (Lipinski definition) is 1. The molecular formula is C18H15F2N3O. The Bertz CT molecular complexity index is 889. The van der Waals surface area contributed by atoms with Gasteiger partial charge in [0, 0.05) is 12.6 Å². The SMILES string of the molecule is O=C(c1ccc(F)cc1F)N1CCC[C@@H]1c1nc2ccccc2[nH]1. The molecule has 1 N–H and O–H groups in total. The number of likely N-dealkylation sites (tertiary alicyclic amines) is 1. The summed E-state index contributed by atoms with van der Waals surface area (Å²) in [6.07, 6.45) is 1.57. The predicted octanol–water partition coefficient (Wildman–Crippen LogP) is 3.82. The maximum absolute atomic E-state index is 13.9. The molecule has 0 saturated carbocycles. The highest BCUT2D eigenvalue weighted by molar-refractivity contribution is 5.95. The standard InChI is InChI=1S/C18H15F2N3O/c19-11-7-8-12(13(20)10-11)18(24)23-9-3-6-16(23)17-21-14-4-1-2-5-15(14)22-17/h1-2,4-5,7-8,10,16H,3,6,9H2,(H,21,22)/t16-/m1/s1. The molecule has 1 aromatic heterocycles. The van der Waals surface area contributed by atoms with Gasteiger partial charge in [-0.2, -0.15) is 0 Å². The molecule has 24 heavy (non-hydrogen) atoms.